The highest BCUT2D eigenvalue weighted by Crippen LogP contribution is 2.40. The van der Waals surface area contributed by atoms with Crippen LogP contribution in [0.3, 0.4) is 0 Å². The van der Waals surface area contributed by atoms with Gasteiger partial charge in [-0.05, 0) is 46.7 Å². The summed E-state index contributed by atoms with van der Waals surface area (Å²) in [6.07, 6.45) is 0. The maximum Gasteiger partial charge on any atom is 0.337 e. The number of nitrogens with zero attached hydrogens (tertiary/aromatic N) is 2. The second kappa shape index (κ2) is 9.57. The normalized spacial score (nSPS) is 15.3. The van der Waals surface area contributed by atoms with E-state index in [1.807, 2.05) is 36.4 Å². The minimum Gasteiger partial charge on any atom is -0.508 e. The van der Waals surface area contributed by atoms with E-state index in [2.05, 4.69) is 46.2 Å². The topological polar surface area (TPSA) is 53.0 Å². The molecule has 1 fully saturated rings. The molecule has 0 saturated carbocycles. The lowest BCUT2D eigenvalue weighted by Crippen LogP contribution is -2.48. The summed E-state index contributed by atoms with van der Waals surface area (Å²) in [4.78, 5) is 16.8. The van der Waals surface area contributed by atoms with Crippen LogP contribution in [0.5, 0.6) is 5.75 Å². The average molecular weight is 453 g/mol. The summed E-state index contributed by atoms with van der Waals surface area (Å²) in [5.74, 6) is -0.0705. The Bertz CT molecular complexity index is 1280. The molecule has 5 heteroatoms. The van der Waals surface area contributed by atoms with Crippen molar-refractivity contribution in [2.75, 3.05) is 38.2 Å². The molecule has 34 heavy (non-hydrogen) atoms. The molecule has 0 bridgehead atoms. The van der Waals surface area contributed by atoms with Crippen molar-refractivity contribution >= 4 is 22.4 Å². The molecule has 1 aliphatic heterocycles. The van der Waals surface area contributed by atoms with E-state index in [-0.39, 0.29) is 17.8 Å². The molecule has 5 nitrogen and oxygen atoms in total. The summed E-state index contributed by atoms with van der Waals surface area (Å²) in [5.41, 5.74) is 3.68. The maximum atomic E-state index is 12.0. The van der Waals surface area contributed by atoms with Crippen molar-refractivity contribution in [1.29, 1.82) is 0 Å². The highest BCUT2D eigenvalue weighted by atomic mass is 16.5. The Labute approximate surface area is 199 Å². The van der Waals surface area contributed by atoms with E-state index in [4.69, 9.17) is 4.74 Å². The van der Waals surface area contributed by atoms with Crippen molar-refractivity contribution in [2.45, 2.75) is 6.04 Å². The Hall–Kier alpha value is -3.83. The standard InChI is InChI=1S/C29H28N2O3/c1-34-29(33)23-13-11-22(12-14-23)28(27-25-10-6-5-7-21(25)15-16-26(27)32)31-19-17-30(18-20-31)24-8-3-2-4-9-24/h2-16,28,32H,17-20H2,1H3/t28-/m0/s1. The number of anilines is 1. The first kappa shape index (κ1) is 22.0. The minimum absolute atomic E-state index is 0.143. The molecule has 5 rings (SSSR count). The molecule has 1 saturated heterocycles. The van der Waals surface area contributed by atoms with E-state index in [1.165, 1.54) is 12.8 Å². The average Bonchev–Trinajstić information content (AvgIpc) is 2.91. The molecule has 1 atom stereocenters. The Kier molecular flexibility index (Phi) is 6.19. The van der Waals surface area contributed by atoms with Crippen LogP contribution in [0, 0.1) is 0 Å². The molecule has 0 spiro atoms. The van der Waals surface area contributed by atoms with Gasteiger partial charge in [-0.3, -0.25) is 4.90 Å². The van der Waals surface area contributed by atoms with E-state index in [0.29, 0.717) is 5.56 Å². The van der Waals surface area contributed by atoms with Crippen LogP contribution in [0.25, 0.3) is 10.8 Å². The Morgan fingerprint density at radius 3 is 2.21 bits per heavy atom. The maximum absolute atomic E-state index is 12.0. The number of hydrogen-bond donors (Lipinski definition) is 1. The SMILES string of the molecule is COC(=O)c1ccc([C@@H](c2c(O)ccc3ccccc23)N2CCN(c3ccccc3)CC2)cc1. The zero-order valence-corrected chi connectivity index (χ0v) is 19.2. The number of fused-ring (bicyclic) bond motifs is 1. The summed E-state index contributed by atoms with van der Waals surface area (Å²) in [6.45, 7) is 3.49. The van der Waals surface area contributed by atoms with E-state index < -0.39 is 0 Å². The van der Waals surface area contributed by atoms with Gasteiger partial charge in [0.1, 0.15) is 5.75 Å². The molecule has 0 amide bonds. The summed E-state index contributed by atoms with van der Waals surface area (Å²) in [5, 5.41) is 13.2. The largest absolute Gasteiger partial charge is 0.508 e. The Morgan fingerprint density at radius 1 is 0.824 bits per heavy atom. The van der Waals surface area contributed by atoms with Crippen LogP contribution in [-0.4, -0.2) is 49.3 Å². The first-order valence-electron chi connectivity index (χ1n) is 11.6. The third-order valence-electron chi connectivity index (χ3n) is 6.67. The number of carbonyl (C=O) groups excluding carboxylic acids is 1. The second-order valence-corrected chi connectivity index (χ2v) is 8.59. The van der Waals surface area contributed by atoms with Crippen LogP contribution >= 0.6 is 0 Å². The molecule has 0 unspecified atom stereocenters. The van der Waals surface area contributed by atoms with Gasteiger partial charge in [0, 0.05) is 37.4 Å². The van der Waals surface area contributed by atoms with Crippen molar-refractivity contribution in [3.05, 3.63) is 108 Å². The number of phenols is 1. The number of hydrogen-bond acceptors (Lipinski definition) is 5. The lowest BCUT2D eigenvalue weighted by Gasteiger charge is -2.41. The third-order valence-corrected chi connectivity index (χ3v) is 6.67. The number of ether oxygens (including phenoxy) is 1. The fourth-order valence-electron chi connectivity index (χ4n) is 4.93. The molecular formula is C29H28N2O3. The van der Waals surface area contributed by atoms with Crippen LogP contribution in [0.1, 0.15) is 27.5 Å². The number of piperazine rings is 1. The first-order valence-corrected chi connectivity index (χ1v) is 11.6. The number of phenolic OH excluding ortho intramolecular Hbond substituents is 1. The van der Waals surface area contributed by atoms with Gasteiger partial charge in [-0.25, -0.2) is 4.79 Å². The zero-order chi connectivity index (χ0) is 23.5. The van der Waals surface area contributed by atoms with E-state index in [1.54, 1.807) is 18.2 Å². The van der Waals surface area contributed by atoms with Crippen molar-refractivity contribution in [2.24, 2.45) is 0 Å². The molecule has 4 aromatic rings. The quantitative estimate of drug-likeness (QED) is 0.420. The number of methoxy groups -OCH3 is 1. The molecular weight excluding hydrogens is 424 g/mol. The van der Waals surface area contributed by atoms with Crippen LogP contribution in [0.2, 0.25) is 0 Å². The fraction of sp³-hybridized carbons (Fsp3) is 0.207. The number of para-hydroxylation sites is 1. The van der Waals surface area contributed by atoms with Crippen LogP contribution in [0.15, 0.2) is 91.0 Å². The molecule has 172 valence electrons. The van der Waals surface area contributed by atoms with Gasteiger partial charge in [-0.1, -0.05) is 60.7 Å². The van der Waals surface area contributed by atoms with Gasteiger partial charge in [-0.2, -0.15) is 0 Å². The number of benzene rings is 4. The lowest BCUT2D eigenvalue weighted by molar-refractivity contribution is 0.0600. The van der Waals surface area contributed by atoms with Crippen molar-refractivity contribution in [1.82, 2.24) is 4.90 Å². The van der Waals surface area contributed by atoms with Gasteiger partial charge in [0.15, 0.2) is 0 Å². The summed E-state index contributed by atoms with van der Waals surface area (Å²) in [6, 6.07) is 29.8. The summed E-state index contributed by atoms with van der Waals surface area (Å²) in [7, 11) is 1.39. The molecule has 0 radical (unpaired) electrons. The number of carbonyl (C=O) groups is 1. The summed E-state index contributed by atoms with van der Waals surface area (Å²) >= 11 is 0. The summed E-state index contributed by atoms with van der Waals surface area (Å²) < 4.78 is 4.87. The van der Waals surface area contributed by atoms with E-state index in [0.717, 1.165) is 48.1 Å². The minimum atomic E-state index is -0.354. The van der Waals surface area contributed by atoms with Gasteiger partial charge < -0.3 is 14.7 Å². The fourth-order valence-corrected chi connectivity index (χ4v) is 4.93. The van der Waals surface area contributed by atoms with Gasteiger partial charge in [-0.15, -0.1) is 0 Å². The monoisotopic (exact) mass is 452 g/mol. The second-order valence-electron chi connectivity index (χ2n) is 8.59. The molecule has 1 heterocycles. The molecule has 4 aromatic carbocycles. The number of esters is 1. The smallest absolute Gasteiger partial charge is 0.337 e. The van der Waals surface area contributed by atoms with Crippen LogP contribution < -0.4 is 4.90 Å². The lowest BCUT2D eigenvalue weighted by atomic mass is 9.90. The van der Waals surface area contributed by atoms with E-state index >= 15 is 0 Å². The highest BCUT2D eigenvalue weighted by molar-refractivity contribution is 5.90. The van der Waals surface area contributed by atoms with E-state index in [9.17, 15) is 9.90 Å². The van der Waals surface area contributed by atoms with Gasteiger partial charge in [0.25, 0.3) is 0 Å². The molecule has 1 aliphatic rings. The Balaban J connectivity index is 1.54. The predicted octanol–water partition coefficient (Wildman–Crippen LogP) is 5.24. The van der Waals surface area contributed by atoms with Crippen LogP contribution in [-0.2, 0) is 4.74 Å². The number of rotatable bonds is 5. The van der Waals surface area contributed by atoms with Crippen molar-refractivity contribution in [3.63, 3.8) is 0 Å². The molecule has 1 N–H and O–H groups in total. The van der Waals surface area contributed by atoms with Gasteiger partial charge >= 0.3 is 5.97 Å². The van der Waals surface area contributed by atoms with Gasteiger partial charge in [0.05, 0.1) is 18.7 Å². The Morgan fingerprint density at radius 2 is 1.50 bits per heavy atom. The van der Waals surface area contributed by atoms with Crippen molar-refractivity contribution in [3.8, 4) is 5.75 Å². The number of aromatic hydroxyl groups is 1. The first-order chi connectivity index (χ1) is 16.7. The van der Waals surface area contributed by atoms with Crippen molar-refractivity contribution < 1.29 is 14.6 Å². The molecule has 0 aliphatic carbocycles. The highest BCUT2D eigenvalue weighted by Gasteiger charge is 2.30. The zero-order valence-electron chi connectivity index (χ0n) is 19.2. The molecule has 0 aromatic heterocycles. The third kappa shape index (κ3) is 4.22. The van der Waals surface area contributed by atoms with Crippen LogP contribution in [0.4, 0.5) is 5.69 Å². The predicted molar refractivity (Wildman–Crippen MR) is 135 cm³/mol. The van der Waals surface area contributed by atoms with Gasteiger partial charge in [0.2, 0.25) is 0 Å².